The van der Waals surface area contributed by atoms with E-state index < -0.39 is 0 Å². The van der Waals surface area contributed by atoms with Crippen molar-refractivity contribution in [3.8, 4) is 0 Å². The van der Waals surface area contributed by atoms with Crippen LogP contribution in [0.2, 0.25) is 5.02 Å². The highest BCUT2D eigenvalue weighted by Gasteiger charge is 2.26. The van der Waals surface area contributed by atoms with Gasteiger partial charge in [-0.25, -0.2) is 0 Å². The summed E-state index contributed by atoms with van der Waals surface area (Å²) in [5.74, 6) is 0.721. The van der Waals surface area contributed by atoms with E-state index in [-0.39, 0.29) is 5.91 Å². The van der Waals surface area contributed by atoms with Gasteiger partial charge >= 0.3 is 0 Å². The first-order valence-electron chi connectivity index (χ1n) is 6.79. The number of amides is 1. The summed E-state index contributed by atoms with van der Waals surface area (Å²) in [6.07, 6.45) is 4.11. The van der Waals surface area contributed by atoms with Gasteiger partial charge in [0, 0.05) is 22.8 Å². The zero-order chi connectivity index (χ0) is 14.7. The van der Waals surface area contributed by atoms with E-state index in [0.717, 1.165) is 30.8 Å². The van der Waals surface area contributed by atoms with Crippen LogP contribution < -0.4 is 0 Å². The zero-order valence-corrected chi connectivity index (χ0v) is 14.9. The highest BCUT2D eigenvalue weighted by Crippen LogP contribution is 2.28. The third-order valence-electron chi connectivity index (χ3n) is 3.88. The molecule has 1 fully saturated rings. The number of thioether (sulfide) groups is 1. The Morgan fingerprint density at radius 2 is 2.10 bits per heavy atom. The number of benzene rings is 1. The Labute approximate surface area is 138 Å². The van der Waals surface area contributed by atoms with Crippen molar-refractivity contribution in [2.24, 2.45) is 5.92 Å². The topological polar surface area (TPSA) is 20.3 Å². The van der Waals surface area contributed by atoms with E-state index in [4.69, 9.17) is 11.6 Å². The minimum absolute atomic E-state index is 0.0616. The molecule has 0 radical (unpaired) electrons. The van der Waals surface area contributed by atoms with Crippen LogP contribution in [-0.2, 0) is 0 Å². The Kier molecular flexibility index (Phi) is 5.82. The summed E-state index contributed by atoms with van der Waals surface area (Å²) < 4.78 is 0. The summed E-state index contributed by atoms with van der Waals surface area (Å²) in [5, 5.41) is 0.545. The number of hydrogen-bond donors (Lipinski definition) is 0. The van der Waals surface area contributed by atoms with Gasteiger partial charge in [0.25, 0.3) is 5.91 Å². The second kappa shape index (κ2) is 7.19. The molecule has 1 aliphatic rings. The van der Waals surface area contributed by atoms with Crippen molar-refractivity contribution in [3.63, 3.8) is 0 Å². The molecule has 110 valence electrons. The molecule has 1 aromatic carbocycles. The quantitative estimate of drug-likeness (QED) is 0.563. The summed E-state index contributed by atoms with van der Waals surface area (Å²) >= 11 is 11.4. The third-order valence-corrected chi connectivity index (χ3v) is 5.68. The summed E-state index contributed by atoms with van der Waals surface area (Å²) in [6.45, 7) is 3.82. The van der Waals surface area contributed by atoms with Crippen LogP contribution in [0.15, 0.2) is 23.1 Å². The Morgan fingerprint density at radius 3 is 2.65 bits per heavy atom. The van der Waals surface area contributed by atoms with Crippen molar-refractivity contribution >= 4 is 45.2 Å². The number of nitrogens with zero attached hydrogens (tertiary/aromatic N) is 1. The maximum atomic E-state index is 12.6. The summed E-state index contributed by atoms with van der Waals surface area (Å²) in [5.41, 5.74) is 0.629. The largest absolute Gasteiger partial charge is 0.339 e. The van der Waals surface area contributed by atoms with Gasteiger partial charge in [-0.1, -0.05) is 34.5 Å². The smallest absolute Gasteiger partial charge is 0.255 e. The van der Waals surface area contributed by atoms with Gasteiger partial charge < -0.3 is 4.90 Å². The first-order valence-corrected chi connectivity index (χ1v) is 9.31. The lowest BCUT2D eigenvalue weighted by molar-refractivity contribution is 0.0691. The second-order valence-corrected chi connectivity index (χ2v) is 7.88. The fourth-order valence-corrected chi connectivity index (χ4v) is 3.69. The molecule has 1 amide bonds. The maximum absolute atomic E-state index is 12.6. The van der Waals surface area contributed by atoms with Crippen molar-refractivity contribution in [2.45, 2.75) is 29.5 Å². The molecule has 1 saturated heterocycles. The lowest BCUT2D eigenvalue weighted by Gasteiger charge is -2.33. The molecule has 1 atom stereocenters. The van der Waals surface area contributed by atoms with Crippen LogP contribution in [0.4, 0.5) is 0 Å². The molecule has 0 spiro atoms. The van der Waals surface area contributed by atoms with E-state index >= 15 is 0 Å². The van der Waals surface area contributed by atoms with E-state index in [2.05, 4.69) is 22.9 Å². The molecular weight excluding hydrogens is 358 g/mol. The van der Waals surface area contributed by atoms with Gasteiger partial charge in [-0.2, -0.15) is 0 Å². The van der Waals surface area contributed by atoms with E-state index in [1.165, 1.54) is 0 Å². The number of halogens is 2. The van der Waals surface area contributed by atoms with Crippen LogP contribution >= 0.6 is 39.3 Å². The number of carbonyl (C=O) groups excluding carboxylic acids is 1. The molecule has 1 heterocycles. The Bertz CT molecular complexity index is 487. The fourth-order valence-electron chi connectivity index (χ4n) is 2.53. The summed E-state index contributed by atoms with van der Waals surface area (Å²) in [6, 6.07) is 5.66. The average Bonchev–Trinajstić information content (AvgIpc) is 2.47. The van der Waals surface area contributed by atoms with Crippen molar-refractivity contribution in [3.05, 3.63) is 28.8 Å². The first kappa shape index (κ1) is 16.2. The molecule has 0 N–H and O–H groups in total. The zero-order valence-electron chi connectivity index (χ0n) is 11.7. The van der Waals surface area contributed by atoms with Gasteiger partial charge in [0.15, 0.2) is 0 Å². The van der Waals surface area contributed by atoms with Crippen LogP contribution in [0.25, 0.3) is 0 Å². The second-order valence-electron chi connectivity index (χ2n) is 5.15. The molecule has 1 aromatic rings. The Morgan fingerprint density at radius 1 is 1.45 bits per heavy atom. The third kappa shape index (κ3) is 3.71. The SMILES string of the molecule is CSc1ccc(Cl)c(C(=O)N2CCC(C(C)Br)CC2)c1. The minimum Gasteiger partial charge on any atom is -0.339 e. The Hall–Kier alpha value is -0.190. The van der Waals surface area contributed by atoms with E-state index in [9.17, 15) is 4.79 Å². The monoisotopic (exact) mass is 375 g/mol. The molecule has 2 rings (SSSR count). The number of alkyl halides is 1. The van der Waals surface area contributed by atoms with Gasteiger partial charge in [0.2, 0.25) is 0 Å². The summed E-state index contributed by atoms with van der Waals surface area (Å²) in [7, 11) is 0. The van der Waals surface area contributed by atoms with E-state index in [0.29, 0.717) is 21.3 Å². The fraction of sp³-hybridized carbons (Fsp3) is 0.533. The van der Waals surface area contributed by atoms with Crippen LogP contribution in [0.1, 0.15) is 30.1 Å². The van der Waals surface area contributed by atoms with Crippen LogP contribution in [0.5, 0.6) is 0 Å². The van der Waals surface area contributed by atoms with Crippen molar-refractivity contribution < 1.29 is 4.79 Å². The number of hydrogen-bond acceptors (Lipinski definition) is 2. The molecule has 5 heteroatoms. The van der Waals surface area contributed by atoms with Gasteiger partial charge in [0.1, 0.15) is 0 Å². The van der Waals surface area contributed by atoms with Gasteiger partial charge in [-0.3, -0.25) is 4.79 Å². The Balaban J connectivity index is 2.09. The van der Waals surface area contributed by atoms with Crippen LogP contribution in [0, 0.1) is 5.92 Å². The van der Waals surface area contributed by atoms with Crippen molar-refractivity contribution in [2.75, 3.05) is 19.3 Å². The van der Waals surface area contributed by atoms with E-state index in [1.807, 2.05) is 29.4 Å². The molecular formula is C15H19BrClNOS. The normalized spacial score (nSPS) is 18.1. The van der Waals surface area contributed by atoms with Crippen LogP contribution in [0.3, 0.4) is 0 Å². The number of piperidine rings is 1. The van der Waals surface area contributed by atoms with Gasteiger partial charge in [0.05, 0.1) is 10.6 Å². The maximum Gasteiger partial charge on any atom is 0.255 e. The number of rotatable bonds is 3. The van der Waals surface area contributed by atoms with Crippen molar-refractivity contribution in [1.82, 2.24) is 4.90 Å². The standard InChI is InChI=1S/C15H19BrClNOS/c1-10(16)11-5-7-18(8-6-11)15(19)13-9-12(20-2)3-4-14(13)17/h3-4,9-11H,5-8H2,1-2H3. The molecule has 1 aliphatic heterocycles. The highest BCUT2D eigenvalue weighted by molar-refractivity contribution is 9.09. The highest BCUT2D eigenvalue weighted by atomic mass is 79.9. The molecule has 0 aliphatic carbocycles. The molecule has 0 bridgehead atoms. The molecule has 1 unspecified atom stereocenters. The predicted octanol–water partition coefficient (Wildman–Crippen LogP) is 4.70. The average molecular weight is 377 g/mol. The lowest BCUT2D eigenvalue weighted by atomic mass is 9.94. The van der Waals surface area contributed by atoms with Gasteiger partial charge in [-0.15, -0.1) is 11.8 Å². The number of likely N-dealkylation sites (tertiary alicyclic amines) is 1. The summed E-state index contributed by atoms with van der Waals surface area (Å²) in [4.78, 5) is 16.1. The molecule has 2 nitrogen and oxygen atoms in total. The molecule has 0 aromatic heterocycles. The lowest BCUT2D eigenvalue weighted by Crippen LogP contribution is -2.40. The predicted molar refractivity (Wildman–Crippen MR) is 90.2 cm³/mol. The molecule has 20 heavy (non-hydrogen) atoms. The van der Waals surface area contributed by atoms with E-state index in [1.54, 1.807) is 11.8 Å². The van der Waals surface area contributed by atoms with Crippen LogP contribution in [-0.4, -0.2) is 35.0 Å². The number of carbonyl (C=O) groups is 1. The minimum atomic E-state index is 0.0616. The van der Waals surface area contributed by atoms with Gasteiger partial charge in [-0.05, 0) is 43.2 Å². The first-order chi connectivity index (χ1) is 9.52. The van der Waals surface area contributed by atoms with Crippen molar-refractivity contribution in [1.29, 1.82) is 0 Å². The molecule has 0 saturated carbocycles.